The third-order valence-corrected chi connectivity index (χ3v) is 1.45. The van der Waals surface area contributed by atoms with Crippen molar-refractivity contribution in [2.24, 2.45) is 5.73 Å². The summed E-state index contributed by atoms with van der Waals surface area (Å²) in [5, 5.41) is 8.61. The lowest BCUT2D eigenvalue weighted by Gasteiger charge is -2.03. The Bertz CT molecular complexity index is 343. The molecule has 0 radical (unpaired) electrons. The second-order valence-electron chi connectivity index (χ2n) is 2.37. The van der Waals surface area contributed by atoms with E-state index in [0.717, 1.165) is 0 Å². The molecule has 1 aromatic heterocycles. The predicted molar refractivity (Wildman–Crippen MR) is 53.4 cm³/mol. The smallest absolute Gasteiger partial charge is 0.354 e. The van der Waals surface area contributed by atoms with Crippen LogP contribution in [0.15, 0.2) is 24.9 Å². The van der Waals surface area contributed by atoms with Crippen molar-refractivity contribution < 1.29 is 9.90 Å². The third kappa shape index (κ3) is 2.79. The lowest BCUT2D eigenvalue weighted by Crippen LogP contribution is -2.13. The van der Waals surface area contributed by atoms with Crippen molar-refractivity contribution in [3.8, 4) is 0 Å². The first-order valence-electron chi connectivity index (χ1n) is 3.59. The van der Waals surface area contributed by atoms with E-state index in [0.29, 0.717) is 0 Å². The van der Waals surface area contributed by atoms with Gasteiger partial charge in [0, 0.05) is 6.20 Å². The number of rotatable bonds is 3. The van der Waals surface area contributed by atoms with Gasteiger partial charge < -0.3 is 10.8 Å². The second kappa shape index (κ2) is 5.31. The van der Waals surface area contributed by atoms with Crippen LogP contribution in [0.3, 0.4) is 0 Å². The average Bonchev–Trinajstić information content (AvgIpc) is 2.17. The van der Waals surface area contributed by atoms with Gasteiger partial charge >= 0.3 is 5.97 Å². The fourth-order valence-corrected chi connectivity index (χ4v) is 0.759. The van der Waals surface area contributed by atoms with E-state index in [-0.39, 0.29) is 23.9 Å². The van der Waals surface area contributed by atoms with Crippen molar-refractivity contribution in [2.45, 2.75) is 6.04 Å². The molecule has 1 rings (SSSR count). The van der Waals surface area contributed by atoms with Gasteiger partial charge in [0.2, 0.25) is 0 Å². The summed E-state index contributed by atoms with van der Waals surface area (Å²) in [6.45, 7) is 3.46. The van der Waals surface area contributed by atoms with E-state index in [9.17, 15) is 4.79 Å². The van der Waals surface area contributed by atoms with Gasteiger partial charge in [-0.3, -0.25) is 0 Å². The van der Waals surface area contributed by atoms with Crippen LogP contribution in [0.25, 0.3) is 0 Å². The van der Waals surface area contributed by atoms with E-state index >= 15 is 0 Å². The van der Waals surface area contributed by atoms with Crippen molar-refractivity contribution in [3.63, 3.8) is 0 Å². The number of aromatic nitrogens is 2. The van der Waals surface area contributed by atoms with Crippen LogP contribution < -0.4 is 5.73 Å². The number of carboxylic acid groups (broad SMARTS) is 1. The number of nitrogens with two attached hydrogens (primary N) is 1. The van der Waals surface area contributed by atoms with Crippen molar-refractivity contribution in [1.82, 2.24) is 9.97 Å². The summed E-state index contributed by atoms with van der Waals surface area (Å²) < 4.78 is 0. The van der Waals surface area contributed by atoms with E-state index in [1.165, 1.54) is 18.3 Å². The number of hydrogen-bond acceptors (Lipinski definition) is 4. The zero-order chi connectivity index (χ0) is 9.84. The number of aromatic carboxylic acids is 1. The largest absolute Gasteiger partial charge is 0.477 e. The molecule has 76 valence electrons. The van der Waals surface area contributed by atoms with Gasteiger partial charge in [-0.2, -0.15) is 0 Å². The molecule has 0 saturated carbocycles. The molecule has 0 fully saturated rings. The van der Waals surface area contributed by atoms with Crippen molar-refractivity contribution >= 4 is 18.4 Å². The molecule has 14 heavy (non-hydrogen) atoms. The zero-order valence-electron chi connectivity index (χ0n) is 7.25. The second-order valence-corrected chi connectivity index (χ2v) is 2.37. The normalized spacial score (nSPS) is 11.2. The maximum Gasteiger partial charge on any atom is 0.354 e. The number of carbonyl (C=O) groups is 1. The number of carboxylic acids is 1. The monoisotopic (exact) mass is 215 g/mol. The molecule has 1 heterocycles. The maximum absolute atomic E-state index is 10.5. The van der Waals surface area contributed by atoms with Crippen LogP contribution in [0.1, 0.15) is 22.4 Å². The van der Waals surface area contributed by atoms with Crippen LogP contribution >= 0.6 is 12.4 Å². The van der Waals surface area contributed by atoms with Gasteiger partial charge in [0.1, 0.15) is 5.82 Å². The van der Waals surface area contributed by atoms with Gasteiger partial charge in [-0.1, -0.05) is 6.08 Å². The Kier molecular flexibility index (Phi) is 4.76. The Labute approximate surface area is 87.1 Å². The molecule has 3 N–H and O–H groups in total. The first-order chi connectivity index (χ1) is 6.15. The van der Waals surface area contributed by atoms with Crippen LogP contribution in [-0.2, 0) is 0 Å². The molecule has 0 saturated heterocycles. The fourth-order valence-electron chi connectivity index (χ4n) is 0.759. The minimum absolute atomic E-state index is 0. The quantitative estimate of drug-likeness (QED) is 0.728. The summed E-state index contributed by atoms with van der Waals surface area (Å²) in [5.74, 6) is -0.838. The van der Waals surface area contributed by atoms with Gasteiger partial charge in [-0.05, 0) is 6.07 Å². The molecular formula is C8H10ClN3O2. The number of hydrogen-bond donors (Lipinski definition) is 2. The Morgan fingerprint density at radius 3 is 2.86 bits per heavy atom. The van der Waals surface area contributed by atoms with E-state index < -0.39 is 12.0 Å². The van der Waals surface area contributed by atoms with Crippen molar-refractivity contribution in [2.75, 3.05) is 0 Å². The molecule has 1 unspecified atom stereocenters. The van der Waals surface area contributed by atoms with Crippen molar-refractivity contribution in [3.05, 3.63) is 36.4 Å². The molecule has 1 aromatic rings. The molecule has 0 aromatic carbocycles. The fraction of sp³-hybridized carbons (Fsp3) is 0.125. The van der Waals surface area contributed by atoms with Crippen molar-refractivity contribution in [1.29, 1.82) is 0 Å². The first-order valence-corrected chi connectivity index (χ1v) is 3.59. The van der Waals surface area contributed by atoms with E-state index in [2.05, 4.69) is 16.5 Å². The highest BCUT2D eigenvalue weighted by atomic mass is 35.5. The minimum Gasteiger partial charge on any atom is -0.477 e. The SMILES string of the molecule is C=CC(N)c1nccc(C(=O)O)n1.Cl. The molecule has 6 heteroatoms. The molecular weight excluding hydrogens is 206 g/mol. The Morgan fingerprint density at radius 2 is 2.36 bits per heavy atom. The molecule has 0 spiro atoms. The summed E-state index contributed by atoms with van der Waals surface area (Å²) >= 11 is 0. The van der Waals surface area contributed by atoms with Gasteiger partial charge in [-0.15, -0.1) is 19.0 Å². The van der Waals surface area contributed by atoms with Gasteiger partial charge in [0.15, 0.2) is 5.69 Å². The Balaban J connectivity index is 0.00000169. The lowest BCUT2D eigenvalue weighted by atomic mass is 10.3. The molecule has 5 nitrogen and oxygen atoms in total. The Morgan fingerprint density at radius 1 is 1.71 bits per heavy atom. The molecule has 1 atom stereocenters. The lowest BCUT2D eigenvalue weighted by molar-refractivity contribution is 0.0690. The van der Waals surface area contributed by atoms with Crippen LogP contribution in [0, 0.1) is 0 Å². The third-order valence-electron chi connectivity index (χ3n) is 1.45. The highest BCUT2D eigenvalue weighted by Gasteiger charge is 2.09. The first kappa shape index (κ1) is 12.5. The molecule has 0 aliphatic heterocycles. The van der Waals surface area contributed by atoms with Crippen LogP contribution in [-0.4, -0.2) is 21.0 Å². The van der Waals surface area contributed by atoms with Gasteiger partial charge in [0.25, 0.3) is 0 Å². The summed E-state index contributed by atoms with van der Waals surface area (Å²) in [6, 6.07) is 0.779. The highest BCUT2D eigenvalue weighted by molar-refractivity contribution is 5.85. The van der Waals surface area contributed by atoms with Crippen LogP contribution in [0.4, 0.5) is 0 Å². The summed E-state index contributed by atoms with van der Waals surface area (Å²) in [4.78, 5) is 18.1. The summed E-state index contributed by atoms with van der Waals surface area (Å²) in [6.07, 6.45) is 2.80. The zero-order valence-corrected chi connectivity index (χ0v) is 8.07. The molecule has 0 aliphatic rings. The molecule has 0 bridgehead atoms. The molecule has 0 amide bonds. The van der Waals surface area contributed by atoms with E-state index in [1.807, 2.05) is 0 Å². The molecule has 0 aliphatic carbocycles. The van der Waals surface area contributed by atoms with Gasteiger partial charge in [-0.25, -0.2) is 14.8 Å². The standard InChI is InChI=1S/C8H9N3O2.ClH/c1-2-5(9)7-10-4-3-6(11-7)8(12)13;/h2-5H,1,9H2,(H,12,13);1H. The Hall–Kier alpha value is -1.46. The maximum atomic E-state index is 10.5. The highest BCUT2D eigenvalue weighted by Crippen LogP contribution is 2.04. The summed E-state index contributed by atoms with van der Waals surface area (Å²) in [7, 11) is 0. The number of nitrogens with zero attached hydrogens (tertiary/aromatic N) is 2. The van der Waals surface area contributed by atoms with Crippen LogP contribution in [0.2, 0.25) is 0 Å². The van der Waals surface area contributed by atoms with E-state index in [4.69, 9.17) is 10.8 Å². The average molecular weight is 216 g/mol. The number of halogens is 1. The summed E-state index contributed by atoms with van der Waals surface area (Å²) in [5.41, 5.74) is 5.46. The minimum atomic E-state index is -1.10. The van der Waals surface area contributed by atoms with Crippen LogP contribution in [0.5, 0.6) is 0 Å². The van der Waals surface area contributed by atoms with Gasteiger partial charge in [0.05, 0.1) is 6.04 Å². The van der Waals surface area contributed by atoms with E-state index in [1.54, 1.807) is 0 Å². The topological polar surface area (TPSA) is 89.1 Å². The predicted octanol–water partition coefficient (Wildman–Crippen LogP) is 0.782.